The van der Waals surface area contributed by atoms with E-state index in [2.05, 4.69) is 26.6 Å². The van der Waals surface area contributed by atoms with Crippen molar-refractivity contribution in [3.05, 3.63) is 0 Å². The van der Waals surface area contributed by atoms with Crippen molar-refractivity contribution in [3.63, 3.8) is 0 Å². The van der Waals surface area contributed by atoms with Gasteiger partial charge in [-0.2, -0.15) is 0 Å². The zero-order valence-electron chi connectivity index (χ0n) is 73.4. The van der Waals surface area contributed by atoms with Crippen molar-refractivity contribution in [1.82, 2.24) is 26.6 Å². The maximum Gasteiger partial charge on any atom is 0.217 e. The Labute approximate surface area is 770 Å². The van der Waals surface area contributed by atoms with Crippen molar-refractivity contribution >= 4 is 29.5 Å². The summed E-state index contributed by atoms with van der Waals surface area (Å²) in [5.74, 6) is -4.99. The van der Waals surface area contributed by atoms with Crippen molar-refractivity contribution < 1.29 is 272 Å². The second-order valence-electron chi connectivity index (χ2n) is 34.5. The summed E-state index contributed by atoms with van der Waals surface area (Å²) in [5.41, 5.74) is 0. The predicted molar refractivity (Wildman–Crippen MR) is 419 cm³/mol. The molecule has 11 heterocycles. The molecule has 11 saturated heterocycles. The molecule has 0 aromatic carbocycles. The molecule has 0 saturated carbocycles. The standard InChI is InChI=1S/C76H127N5O55/c1-17-38(95)49(106)54(111)71(118-17)116-15-31-61(45(102)33(66(115)119-31)77-18(2)90)129-68-35(79-20(4)92)46(103)60(30(14-89)125-68)132-74-57(114)63(134-76-65(53(110)43(100)27(11-86)124-76)136-70-37(81-22(6)94)48(105)59(29(13-88)127-70)131-73-56(113)51(108)41(98)25(9-84)122-73)62(133-67-34(78-19(3)91)44(101)39(96)23(7-82)120-67)32(128-74)16-117-75-64(52(109)42(99)26(10-85)123-75)135-69-36(80-21(5)93)47(104)58(28(12-87)126-69)130-72-55(112)50(107)40(97)24(8-83)121-72/h17,23-76,82-89,95-115H,7-16H2,1-6H3,(H,77,90)(H,78,91)(H,79,92)(H,80,93)(H,81,94). The second kappa shape index (κ2) is 48.8. The van der Waals surface area contributed by atoms with Crippen LogP contribution in [0.4, 0.5) is 0 Å². The summed E-state index contributed by atoms with van der Waals surface area (Å²) in [6.45, 7) is -5.99. The maximum absolute atomic E-state index is 13.5. The van der Waals surface area contributed by atoms with Gasteiger partial charge in [-0.25, -0.2) is 0 Å². The number of carbonyl (C=O) groups is 5. The molecule has 0 radical (unpaired) electrons. The largest absolute Gasteiger partial charge is 0.394 e. The number of ether oxygens (including phenoxy) is 21. The van der Waals surface area contributed by atoms with Gasteiger partial charge in [0.15, 0.2) is 69.2 Å². The van der Waals surface area contributed by atoms with Crippen LogP contribution in [0.2, 0.25) is 0 Å². The third-order valence-corrected chi connectivity index (χ3v) is 24.9. The van der Waals surface area contributed by atoms with Gasteiger partial charge < -0.3 is 274 Å². The van der Waals surface area contributed by atoms with E-state index in [0.29, 0.717) is 0 Å². The lowest BCUT2D eigenvalue weighted by Gasteiger charge is -2.52. The van der Waals surface area contributed by atoms with Crippen LogP contribution < -0.4 is 26.6 Å². The molecule has 0 aliphatic carbocycles. The van der Waals surface area contributed by atoms with Crippen LogP contribution in [0, 0.1) is 0 Å². The van der Waals surface area contributed by atoms with Crippen molar-refractivity contribution in [3.8, 4) is 0 Å². The van der Waals surface area contributed by atoms with E-state index >= 15 is 0 Å². The summed E-state index contributed by atoms with van der Waals surface area (Å²) in [6.07, 6.45) is -108. The Morgan fingerprint density at radius 1 is 0.206 bits per heavy atom. The quantitative estimate of drug-likeness (QED) is 0.0280. The van der Waals surface area contributed by atoms with Gasteiger partial charge in [0.1, 0.15) is 262 Å². The normalized spacial score (nSPS) is 49.2. The van der Waals surface area contributed by atoms with E-state index in [9.17, 15) is 172 Å². The summed E-state index contributed by atoms with van der Waals surface area (Å²) >= 11 is 0. The summed E-state index contributed by atoms with van der Waals surface area (Å²) < 4.78 is 128. The van der Waals surface area contributed by atoms with Crippen molar-refractivity contribution in [2.24, 2.45) is 0 Å². The molecular formula is C76H127N5O55. The fraction of sp³-hybridized carbons (Fsp3) is 0.934. The molecule has 0 spiro atoms. The highest BCUT2D eigenvalue weighted by Crippen LogP contribution is 2.42. The highest BCUT2D eigenvalue weighted by Gasteiger charge is 2.63. The molecule has 136 heavy (non-hydrogen) atoms. The number of carbonyl (C=O) groups excluding carboxylic acids is 5. The molecular weight excluding hydrogens is 1860 g/mol. The number of nitrogens with one attached hydrogen (secondary N) is 5. The fourth-order valence-electron chi connectivity index (χ4n) is 17.7. The van der Waals surface area contributed by atoms with Gasteiger partial charge in [-0.15, -0.1) is 0 Å². The van der Waals surface area contributed by atoms with E-state index in [0.717, 1.165) is 34.6 Å². The van der Waals surface area contributed by atoms with Gasteiger partial charge in [-0.3, -0.25) is 24.0 Å². The average Bonchev–Trinajstić information content (AvgIpc) is 0.740. The molecule has 11 fully saturated rings. The van der Waals surface area contributed by atoms with Gasteiger partial charge in [0.25, 0.3) is 0 Å². The number of aliphatic hydroxyl groups is 29. The minimum Gasteiger partial charge on any atom is -0.394 e. The molecule has 60 heteroatoms. The molecule has 786 valence electrons. The molecule has 0 aromatic heterocycles. The van der Waals surface area contributed by atoms with E-state index in [1.807, 2.05) is 0 Å². The minimum absolute atomic E-state index is 0.882. The second-order valence-corrected chi connectivity index (χ2v) is 34.5. The van der Waals surface area contributed by atoms with Crippen LogP contribution in [0.25, 0.3) is 0 Å². The van der Waals surface area contributed by atoms with Crippen molar-refractivity contribution in [1.29, 1.82) is 0 Å². The molecule has 55 unspecified atom stereocenters. The molecule has 11 aliphatic rings. The highest BCUT2D eigenvalue weighted by molar-refractivity contribution is 5.75. The van der Waals surface area contributed by atoms with E-state index < -0.39 is 433 Å². The Balaban J connectivity index is 1.01. The third-order valence-electron chi connectivity index (χ3n) is 24.9. The molecule has 0 bridgehead atoms. The Morgan fingerprint density at radius 3 is 0.831 bits per heavy atom. The first-order valence-corrected chi connectivity index (χ1v) is 43.5. The van der Waals surface area contributed by atoms with Crippen LogP contribution >= 0.6 is 0 Å². The summed E-state index contributed by atoms with van der Waals surface area (Å²) in [6, 6.07) is -10.1. The smallest absolute Gasteiger partial charge is 0.217 e. The van der Waals surface area contributed by atoms with E-state index in [4.69, 9.17) is 99.5 Å². The highest BCUT2D eigenvalue weighted by atomic mass is 16.8. The van der Waals surface area contributed by atoms with Crippen LogP contribution in [0.15, 0.2) is 0 Å². The first kappa shape index (κ1) is 112. The molecule has 34 N–H and O–H groups in total. The van der Waals surface area contributed by atoms with Crippen molar-refractivity contribution in [2.45, 2.75) is 379 Å². The Hall–Kier alpha value is -4.65. The first-order valence-electron chi connectivity index (χ1n) is 43.5. The Bertz CT molecular complexity index is 3760. The topological polar surface area (TPSA) is 926 Å². The number of hydrogen-bond donors (Lipinski definition) is 34. The third kappa shape index (κ3) is 24.8. The monoisotopic (exact) mass is 1990 g/mol. The summed E-state index contributed by atoms with van der Waals surface area (Å²) in [4.78, 5) is 65.8. The summed E-state index contributed by atoms with van der Waals surface area (Å²) in [7, 11) is 0. The maximum atomic E-state index is 13.5. The zero-order chi connectivity index (χ0) is 100. The molecule has 11 rings (SSSR count). The average molecular weight is 1990 g/mol. The van der Waals surface area contributed by atoms with Gasteiger partial charge in [-0.1, -0.05) is 0 Å². The van der Waals surface area contributed by atoms with Gasteiger partial charge in [-0.05, 0) is 6.92 Å². The van der Waals surface area contributed by atoms with Gasteiger partial charge >= 0.3 is 0 Å². The van der Waals surface area contributed by atoms with Crippen LogP contribution in [0.1, 0.15) is 41.5 Å². The fourth-order valence-corrected chi connectivity index (χ4v) is 17.7. The molecule has 0 aromatic rings. The lowest BCUT2D eigenvalue weighted by molar-refractivity contribution is -0.409. The van der Waals surface area contributed by atoms with E-state index in [1.165, 1.54) is 6.92 Å². The molecule has 11 aliphatic heterocycles. The zero-order valence-corrected chi connectivity index (χ0v) is 73.4. The lowest BCUT2D eigenvalue weighted by Crippen LogP contribution is -2.72. The lowest BCUT2D eigenvalue weighted by atomic mass is 9.93. The predicted octanol–water partition coefficient (Wildman–Crippen LogP) is -23.2. The van der Waals surface area contributed by atoms with Gasteiger partial charge in [0.05, 0.1) is 72.2 Å². The Kier molecular flexibility index (Phi) is 40.1. The Morgan fingerprint density at radius 2 is 0.449 bits per heavy atom. The van der Waals surface area contributed by atoms with Crippen molar-refractivity contribution in [2.75, 3.05) is 66.1 Å². The van der Waals surface area contributed by atoms with Crippen LogP contribution in [-0.4, -0.2) is 581 Å². The van der Waals surface area contributed by atoms with E-state index in [1.54, 1.807) is 0 Å². The number of rotatable bonds is 35. The van der Waals surface area contributed by atoms with Crippen LogP contribution in [-0.2, 0) is 123 Å². The number of hydrogen-bond acceptors (Lipinski definition) is 55. The number of amides is 5. The van der Waals surface area contributed by atoms with E-state index in [-0.39, 0.29) is 0 Å². The van der Waals surface area contributed by atoms with Gasteiger partial charge in [0.2, 0.25) is 29.5 Å². The first-order chi connectivity index (χ1) is 64.3. The molecule has 60 nitrogen and oxygen atoms in total. The number of aliphatic hydroxyl groups excluding tert-OH is 29. The molecule has 5 amide bonds. The van der Waals surface area contributed by atoms with Gasteiger partial charge in [0, 0.05) is 34.6 Å². The molecule has 55 atom stereocenters. The van der Waals surface area contributed by atoms with Crippen LogP contribution in [0.3, 0.4) is 0 Å². The van der Waals surface area contributed by atoms with Crippen LogP contribution in [0.5, 0.6) is 0 Å². The minimum atomic E-state index is -2.83. The SMILES string of the molecule is CC(=O)NC1C(O)OC(COC2OC(C)C(O)C(O)C2O)C(OC2OC(CO)C(OC3OC(COC4OC(CO)C(O)C(O)C4OC4OC(CO)C(OC5OC(CO)C(O)C(O)C5O)C(O)C4NC(C)=O)C(OC4OC(CO)C(O)C(O)C4NC(C)=O)C(OC4OC(CO)C(O)C(O)C4OC4OC(CO)C(OC5OC(CO)C(O)C(O)C5O)C(O)C4NC(C)=O)C3O)C(O)C2NC(C)=O)C1O. The summed E-state index contributed by atoms with van der Waals surface area (Å²) in [5, 5.41) is 339.